The largest absolute Gasteiger partial charge is 0.444 e. The molecule has 2 atom stereocenters. The number of carbonyl (C=O) groups excluding carboxylic acids is 1. The van der Waals surface area contributed by atoms with Crippen LogP contribution in [0.15, 0.2) is 10.9 Å². The molecule has 1 aliphatic rings. The lowest BCUT2D eigenvalue weighted by Crippen LogP contribution is -2.36. The SMILES string of the molecule is CC(C)(C)OC(=O)NC1CC1NCc1cscn1. The van der Waals surface area contributed by atoms with Crippen LogP contribution in [0.1, 0.15) is 32.9 Å². The van der Waals surface area contributed by atoms with Gasteiger partial charge in [-0.3, -0.25) is 0 Å². The van der Waals surface area contributed by atoms with Crippen molar-refractivity contribution in [1.82, 2.24) is 15.6 Å². The van der Waals surface area contributed by atoms with Gasteiger partial charge in [-0.25, -0.2) is 9.78 Å². The van der Waals surface area contributed by atoms with E-state index < -0.39 is 5.60 Å². The Kier molecular flexibility index (Phi) is 3.87. The molecule has 0 bridgehead atoms. The van der Waals surface area contributed by atoms with E-state index in [9.17, 15) is 4.79 Å². The van der Waals surface area contributed by atoms with Gasteiger partial charge in [0.25, 0.3) is 0 Å². The first-order valence-electron chi connectivity index (χ1n) is 6.04. The molecule has 1 amide bonds. The predicted octanol–water partition coefficient (Wildman–Crippen LogP) is 1.90. The number of aromatic nitrogens is 1. The van der Waals surface area contributed by atoms with Crippen molar-refractivity contribution in [2.24, 2.45) is 0 Å². The summed E-state index contributed by atoms with van der Waals surface area (Å²) in [6.45, 7) is 6.33. The zero-order valence-electron chi connectivity index (χ0n) is 10.9. The minimum absolute atomic E-state index is 0.179. The van der Waals surface area contributed by atoms with Crippen LogP contribution >= 0.6 is 11.3 Å². The van der Waals surface area contributed by atoms with Gasteiger partial charge in [0.1, 0.15) is 5.60 Å². The zero-order chi connectivity index (χ0) is 13.2. The van der Waals surface area contributed by atoms with Gasteiger partial charge >= 0.3 is 6.09 Å². The first kappa shape index (κ1) is 13.3. The smallest absolute Gasteiger partial charge is 0.407 e. The Morgan fingerprint density at radius 2 is 2.33 bits per heavy atom. The molecule has 0 radical (unpaired) electrons. The molecule has 5 nitrogen and oxygen atoms in total. The number of hydrogen-bond acceptors (Lipinski definition) is 5. The van der Waals surface area contributed by atoms with E-state index in [1.165, 1.54) is 0 Å². The monoisotopic (exact) mass is 269 g/mol. The van der Waals surface area contributed by atoms with E-state index in [0.717, 1.165) is 18.7 Å². The van der Waals surface area contributed by atoms with Gasteiger partial charge in [-0.2, -0.15) is 0 Å². The van der Waals surface area contributed by atoms with Crippen molar-refractivity contribution in [3.63, 3.8) is 0 Å². The Balaban J connectivity index is 1.64. The Hall–Kier alpha value is -1.14. The van der Waals surface area contributed by atoms with Crippen LogP contribution in [0.25, 0.3) is 0 Å². The molecule has 2 N–H and O–H groups in total. The Morgan fingerprint density at radius 1 is 1.56 bits per heavy atom. The number of carbonyl (C=O) groups is 1. The Bertz CT molecular complexity index is 400. The van der Waals surface area contributed by atoms with Gasteiger partial charge < -0.3 is 15.4 Å². The van der Waals surface area contributed by atoms with Crippen molar-refractivity contribution in [3.05, 3.63) is 16.6 Å². The van der Waals surface area contributed by atoms with Gasteiger partial charge in [-0.15, -0.1) is 11.3 Å². The molecule has 0 aliphatic heterocycles. The lowest BCUT2D eigenvalue weighted by atomic mass is 10.2. The highest BCUT2D eigenvalue weighted by atomic mass is 32.1. The number of ether oxygens (including phenoxy) is 1. The quantitative estimate of drug-likeness (QED) is 0.876. The average molecular weight is 269 g/mol. The van der Waals surface area contributed by atoms with E-state index in [-0.39, 0.29) is 12.1 Å². The van der Waals surface area contributed by atoms with Crippen molar-refractivity contribution < 1.29 is 9.53 Å². The van der Waals surface area contributed by atoms with Crippen LogP contribution in [-0.4, -0.2) is 28.8 Å². The highest BCUT2D eigenvalue weighted by Crippen LogP contribution is 2.22. The maximum Gasteiger partial charge on any atom is 0.407 e. The Morgan fingerprint density at radius 3 is 2.94 bits per heavy atom. The van der Waals surface area contributed by atoms with Crippen LogP contribution in [0, 0.1) is 0 Å². The summed E-state index contributed by atoms with van der Waals surface area (Å²) in [5, 5.41) is 8.22. The molecule has 1 heterocycles. The van der Waals surface area contributed by atoms with Gasteiger partial charge in [0.05, 0.1) is 11.2 Å². The van der Waals surface area contributed by atoms with Crippen molar-refractivity contribution in [1.29, 1.82) is 0 Å². The normalized spacial score (nSPS) is 22.6. The number of nitrogens with one attached hydrogen (secondary N) is 2. The minimum Gasteiger partial charge on any atom is -0.444 e. The molecule has 6 heteroatoms. The van der Waals surface area contributed by atoms with Gasteiger partial charge in [-0.1, -0.05) is 0 Å². The maximum absolute atomic E-state index is 11.5. The number of thiazole rings is 1. The number of hydrogen-bond donors (Lipinski definition) is 2. The second kappa shape index (κ2) is 5.24. The summed E-state index contributed by atoms with van der Waals surface area (Å²) >= 11 is 1.59. The maximum atomic E-state index is 11.5. The first-order valence-corrected chi connectivity index (χ1v) is 6.98. The fourth-order valence-corrected chi connectivity index (χ4v) is 2.16. The number of alkyl carbamates (subject to hydrolysis) is 1. The molecular weight excluding hydrogens is 250 g/mol. The van der Waals surface area contributed by atoms with Crippen LogP contribution in [-0.2, 0) is 11.3 Å². The molecule has 1 aliphatic carbocycles. The van der Waals surface area contributed by atoms with Gasteiger partial charge in [0, 0.05) is 24.0 Å². The third-order valence-electron chi connectivity index (χ3n) is 2.52. The van der Waals surface area contributed by atoms with Gasteiger partial charge in [0.15, 0.2) is 0 Å². The summed E-state index contributed by atoms with van der Waals surface area (Å²) in [6.07, 6.45) is 0.606. The van der Waals surface area contributed by atoms with Gasteiger partial charge in [-0.05, 0) is 27.2 Å². The molecule has 1 saturated carbocycles. The molecule has 1 fully saturated rings. The molecule has 0 aromatic carbocycles. The average Bonchev–Trinajstić information content (AvgIpc) is 2.76. The predicted molar refractivity (Wildman–Crippen MR) is 70.5 cm³/mol. The molecule has 18 heavy (non-hydrogen) atoms. The summed E-state index contributed by atoms with van der Waals surface area (Å²) in [4.78, 5) is 15.7. The van der Waals surface area contributed by atoms with Crippen LogP contribution in [0.5, 0.6) is 0 Å². The molecule has 2 rings (SSSR count). The van der Waals surface area contributed by atoms with Crippen molar-refractivity contribution in [2.75, 3.05) is 0 Å². The van der Waals surface area contributed by atoms with Gasteiger partial charge in [0.2, 0.25) is 0 Å². The third-order valence-corrected chi connectivity index (χ3v) is 3.16. The molecule has 1 aromatic heterocycles. The third kappa shape index (κ3) is 4.27. The van der Waals surface area contributed by atoms with E-state index in [1.54, 1.807) is 11.3 Å². The molecule has 2 unspecified atom stereocenters. The summed E-state index contributed by atoms with van der Waals surface area (Å²) in [7, 11) is 0. The molecule has 1 aromatic rings. The van der Waals surface area contributed by atoms with Crippen LogP contribution in [0.3, 0.4) is 0 Å². The van der Waals surface area contributed by atoms with E-state index >= 15 is 0 Å². The molecule has 0 spiro atoms. The number of amides is 1. The summed E-state index contributed by atoms with van der Waals surface area (Å²) in [5.74, 6) is 0. The number of rotatable bonds is 4. The summed E-state index contributed by atoms with van der Waals surface area (Å²) in [6, 6.07) is 0.512. The van der Waals surface area contributed by atoms with E-state index in [0.29, 0.717) is 6.04 Å². The van der Waals surface area contributed by atoms with Crippen LogP contribution in [0.2, 0.25) is 0 Å². The second-order valence-corrected chi connectivity index (χ2v) is 6.17. The topological polar surface area (TPSA) is 63.2 Å². The lowest BCUT2D eigenvalue weighted by Gasteiger charge is -2.19. The van der Waals surface area contributed by atoms with E-state index in [4.69, 9.17) is 4.74 Å². The summed E-state index contributed by atoms with van der Waals surface area (Å²) in [5.41, 5.74) is 2.42. The summed E-state index contributed by atoms with van der Waals surface area (Å²) < 4.78 is 5.20. The first-order chi connectivity index (χ1) is 8.44. The van der Waals surface area contributed by atoms with Crippen molar-refractivity contribution in [2.45, 2.75) is 51.4 Å². The van der Waals surface area contributed by atoms with Crippen molar-refractivity contribution >= 4 is 17.4 Å². The van der Waals surface area contributed by atoms with Crippen LogP contribution < -0.4 is 10.6 Å². The highest BCUT2D eigenvalue weighted by molar-refractivity contribution is 7.07. The fraction of sp³-hybridized carbons (Fsp3) is 0.667. The highest BCUT2D eigenvalue weighted by Gasteiger charge is 2.38. The zero-order valence-corrected chi connectivity index (χ0v) is 11.7. The van der Waals surface area contributed by atoms with E-state index in [2.05, 4.69) is 15.6 Å². The Labute approximate surface area is 111 Å². The minimum atomic E-state index is -0.442. The standard InChI is InChI=1S/C12H19N3O2S/c1-12(2,3)17-11(16)15-10-4-9(10)13-5-8-6-18-7-14-8/h6-7,9-10,13H,4-5H2,1-3H3,(H,15,16). The number of nitrogens with zero attached hydrogens (tertiary/aromatic N) is 1. The van der Waals surface area contributed by atoms with E-state index in [1.807, 2.05) is 31.7 Å². The fourth-order valence-electron chi connectivity index (χ4n) is 1.60. The molecule has 100 valence electrons. The van der Waals surface area contributed by atoms with Crippen LogP contribution in [0.4, 0.5) is 4.79 Å². The molecular formula is C12H19N3O2S. The van der Waals surface area contributed by atoms with Crippen molar-refractivity contribution in [3.8, 4) is 0 Å². The second-order valence-electron chi connectivity index (χ2n) is 5.46. The molecule has 0 saturated heterocycles. The lowest BCUT2D eigenvalue weighted by molar-refractivity contribution is 0.0522.